The minimum absolute atomic E-state index is 0.278. The normalized spacial score (nSPS) is 8.30. The van der Waals surface area contributed by atoms with Crippen LogP contribution in [-0.4, -0.2) is 0 Å². The molecular formula is C6H12I3V. The van der Waals surface area contributed by atoms with Crippen LogP contribution < -0.4 is 0 Å². The molecule has 4 heteroatoms. The standard InChI is InChI=1S/C6H12.3HI.V/c1-4-5-6(2)3;;;;/h5H,4H2,1-3H3;3*1H;/q;;;;+3/p-3. The summed E-state index contributed by atoms with van der Waals surface area (Å²) in [6.07, 6.45) is 3.38. The van der Waals surface area contributed by atoms with Crippen LogP contribution in [0.15, 0.2) is 11.6 Å². The molecule has 0 fully saturated rings. The molecule has 0 bridgehead atoms. The van der Waals surface area contributed by atoms with Gasteiger partial charge in [0, 0.05) is 0 Å². The van der Waals surface area contributed by atoms with Gasteiger partial charge in [-0.1, -0.05) is 18.6 Å². The van der Waals surface area contributed by atoms with Gasteiger partial charge >= 0.3 is 64.9 Å². The van der Waals surface area contributed by atoms with E-state index in [0.717, 1.165) is 0 Å². The zero-order valence-electron chi connectivity index (χ0n) is 6.37. The Balaban J connectivity index is 0. The molecular weight excluding hydrogens is 504 g/mol. The van der Waals surface area contributed by atoms with Gasteiger partial charge in [0.25, 0.3) is 0 Å². The summed E-state index contributed by atoms with van der Waals surface area (Å²) in [5, 5.41) is 0. The maximum atomic E-state index is 2.46. The van der Waals surface area contributed by atoms with Crippen LogP contribution >= 0.6 is 59.9 Å². The van der Waals surface area contributed by atoms with Crippen molar-refractivity contribution in [1.29, 1.82) is 0 Å². The van der Waals surface area contributed by atoms with E-state index in [1.165, 1.54) is 12.0 Å². The van der Waals surface area contributed by atoms with Crippen LogP contribution in [0.2, 0.25) is 0 Å². The molecule has 0 amide bonds. The van der Waals surface area contributed by atoms with Crippen molar-refractivity contribution < 1.29 is 4.92 Å². The predicted molar refractivity (Wildman–Crippen MR) is 71.8 cm³/mol. The van der Waals surface area contributed by atoms with E-state index in [4.69, 9.17) is 0 Å². The van der Waals surface area contributed by atoms with Gasteiger partial charge in [-0.15, -0.1) is 0 Å². The van der Waals surface area contributed by atoms with Crippen molar-refractivity contribution in [3.63, 3.8) is 0 Å². The monoisotopic (exact) mass is 516 g/mol. The average Bonchev–Trinajstić information content (AvgIpc) is 1.62. The third-order valence-corrected chi connectivity index (χ3v) is 0.612. The first-order chi connectivity index (χ1) is 4.50. The molecule has 0 aliphatic rings. The molecule has 0 radical (unpaired) electrons. The van der Waals surface area contributed by atoms with Crippen LogP contribution in [0, 0.1) is 0 Å². The summed E-state index contributed by atoms with van der Waals surface area (Å²) in [6.45, 7) is 6.38. The third kappa shape index (κ3) is 31.3. The molecule has 0 aliphatic heterocycles. The van der Waals surface area contributed by atoms with Gasteiger partial charge in [-0.05, 0) is 20.3 Å². The Morgan fingerprint density at radius 1 is 1.30 bits per heavy atom. The first kappa shape index (κ1) is 15.0. The van der Waals surface area contributed by atoms with E-state index in [1.807, 2.05) is 0 Å². The van der Waals surface area contributed by atoms with Gasteiger partial charge in [0.1, 0.15) is 0 Å². The fourth-order valence-electron chi connectivity index (χ4n) is 0.408. The quantitative estimate of drug-likeness (QED) is 0.340. The van der Waals surface area contributed by atoms with E-state index in [9.17, 15) is 0 Å². The SMILES string of the molecule is CCC=C(C)C.[I][V]([I])[I]. The Kier molecular flexibility index (Phi) is 17.3. The molecule has 0 aromatic carbocycles. The van der Waals surface area contributed by atoms with E-state index in [2.05, 4.69) is 86.8 Å². The van der Waals surface area contributed by atoms with Gasteiger partial charge in [0.2, 0.25) is 0 Å². The number of hydrogen-bond donors (Lipinski definition) is 0. The van der Waals surface area contributed by atoms with Gasteiger partial charge < -0.3 is 0 Å². The van der Waals surface area contributed by atoms with Crippen molar-refractivity contribution in [2.24, 2.45) is 0 Å². The third-order valence-electron chi connectivity index (χ3n) is 0.612. The van der Waals surface area contributed by atoms with Gasteiger partial charge in [0.15, 0.2) is 0 Å². The Hall–Kier alpha value is 2.51. The molecule has 0 atom stereocenters. The van der Waals surface area contributed by atoms with Crippen molar-refractivity contribution in [2.45, 2.75) is 27.2 Å². The van der Waals surface area contributed by atoms with E-state index in [1.54, 1.807) is 0 Å². The fraction of sp³-hybridized carbons (Fsp3) is 0.667. The second-order valence-corrected chi connectivity index (χ2v) is 37.3. The molecule has 0 heterocycles. The van der Waals surface area contributed by atoms with Crippen LogP contribution in [0.1, 0.15) is 27.2 Å². The summed E-state index contributed by atoms with van der Waals surface area (Å²) in [5.74, 6) is 0. The van der Waals surface area contributed by atoms with Gasteiger partial charge in [-0.2, -0.15) is 0 Å². The maximum absolute atomic E-state index is 2.46. The molecule has 10 heavy (non-hydrogen) atoms. The van der Waals surface area contributed by atoms with Crippen molar-refractivity contribution in [3.05, 3.63) is 11.6 Å². The minimum atomic E-state index is -0.278. The molecule has 0 unspecified atom stereocenters. The Bertz CT molecular complexity index is 84.2. The van der Waals surface area contributed by atoms with E-state index >= 15 is 0 Å². The van der Waals surface area contributed by atoms with Crippen LogP contribution in [0.5, 0.6) is 0 Å². The number of allylic oxidation sites excluding steroid dienone is 2. The summed E-state index contributed by atoms with van der Waals surface area (Å²) in [6, 6.07) is 0. The van der Waals surface area contributed by atoms with Crippen molar-refractivity contribution in [1.82, 2.24) is 0 Å². The van der Waals surface area contributed by atoms with Crippen molar-refractivity contribution >= 4 is 59.9 Å². The molecule has 0 aliphatic carbocycles. The van der Waals surface area contributed by atoms with E-state index in [0.29, 0.717) is 0 Å². The Morgan fingerprint density at radius 2 is 1.60 bits per heavy atom. The topological polar surface area (TPSA) is 0 Å². The number of hydrogen-bond acceptors (Lipinski definition) is 0. The average molecular weight is 516 g/mol. The number of halogens is 3. The van der Waals surface area contributed by atoms with Gasteiger partial charge in [-0.25, -0.2) is 0 Å². The van der Waals surface area contributed by atoms with E-state index < -0.39 is 0 Å². The fourth-order valence-corrected chi connectivity index (χ4v) is 0.408. The number of rotatable bonds is 1. The second-order valence-electron chi connectivity index (χ2n) is 1.88. The first-order valence-electron chi connectivity index (χ1n) is 2.91. The molecule has 0 spiro atoms. The molecule has 0 saturated carbocycles. The molecule has 0 saturated heterocycles. The summed E-state index contributed by atoms with van der Waals surface area (Å²) < 4.78 is 0. The summed E-state index contributed by atoms with van der Waals surface area (Å²) in [4.78, 5) is -0.278. The Morgan fingerprint density at radius 3 is 1.60 bits per heavy atom. The van der Waals surface area contributed by atoms with Crippen molar-refractivity contribution in [3.8, 4) is 0 Å². The van der Waals surface area contributed by atoms with Gasteiger partial charge in [0.05, 0.1) is 0 Å². The first-order valence-corrected chi connectivity index (χ1v) is 16.4. The van der Waals surface area contributed by atoms with Crippen LogP contribution in [0.25, 0.3) is 0 Å². The summed E-state index contributed by atoms with van der Waals surface area (Å²) in [7, 11) is 0. The van der Waals surface area contributed by atoms with Gasteiger partial charge in [-0.3, -0.25) is 0 Å². The molecule has 0 nitrogen and oxygen atoms in total. The molecule has 0 aromatic rings. The van der Waals surface area contributed by atoms with Crippen molar-refractivity contribution in [2.75, 3.05) is 0 Å². The molecule has 62 valence electrons. The second kappa shape index (κ2) is 11.5. The molecule has 0 rings (SSSR count). The van der Waals surface area contributed by atoms with E-state index in [-0.39, 0.29) is 4.92 Å². The molecule has 0 aromatic heterocycles. The van der Waals surface area contributed by atoms with Crippen LogP contribution in [-0.2, 0) is 4.92 Å². The van der Waals surface area contributed by atoms with Crippen LogP contribution in [0.4, 0.5) is 0 Å². The predicted octanol–water partition coefficient (Wildman–Crippen LogP) is 5.02. The Labute approximate surface area is 102 Å². The van der Waals surface area contributed by atoms with Crippen LogP contribution in [0.3, 0.4) is 0 Å². The zero-order chi connectivity index (χ0) is 8.57. The summed E-state index contributed by atoms with van der Waals surface area (Å²) in [5.41, 5.74) is 1.41. The summed E-state index contributed by atoms with van der Waals surface area (Å²) >= 11 is 7.39. The molecule has 0 N–H and O–H groups in total. The zero-order valence-corrected chi connectivity index (χ0v) is 14.2.